The molecule has 1 aliphatic rings. The van der Waals surface area contributed by atoms with Crippen molar-refractivity contribution >= 4 is 11.8 Å². The van der Waals surface area contributed by atoms with E-state index in [1.54, 1.807) is 13.2 Å². The summed E-state index contributed by atoms with van der Waals surface area (Å²) in [5.41, 5.74) is 3.81. The van der Waals surface area contributed by atoms with Gasteiger partial charge in [0.15, 0.2) is 0 Å². The van der Waals surface area contributed by atoms with E-state index in [9.17, 15) is 9.59 Å². The summed E-state index contributed by atoms with van der Waals surface area (Å²) >= 11 is 0. The number of ether oxygens (including phenoxy) is 1. The van der Waals surface area contributed by atoms with Gasteiger partial charge in [-0.15, -0.1) is 0 Å². The van der Waals surface area contributed by atoms with Gasteiger partial charge >= 0.3 is 0 Å². The number of methoxy groups -OCH3 is 1. The molecule has 0 heterocycles. The van der Waals surface area contributed by atoms with Crippen LogP contribution in [0.25, 0.3) is 0 Å². The van der Waals surface area contributed by atoms with Crippen molar-refractivity contribution in [2.24, 2.45) is 0 Å². The van der Waals surface area contributed by atoms with Crippen LogP contribution in [0.5, 0.6) is 5.75 Å². The molecule has 2 N–H and O–H groups in total. The lowest BCUT2D eigenvalue weighted by Crippen LogP contribution is -2.43. The molecule has 5 heteroatoms. The summed E-state index contributed by atoms with van der Waals surface area (Å²) in [6.07, 6.45) is 4.31. The highest BCUT2D eigenvalue weighted by atomic mass is 16.5. The van der Waals surface area contributed by atoms with Crippen LogP contribution in [0.15, 0.2) is 42.5 Å². The van der Waals surface area contributed by atoms with Crippen molar-refractivity contribution in [3.63, 3.8) is 0 Å². The molecule has 2 amide bonds. The zero-order valence-electron chi connectivity index (χ0n) is 17.5. The Morgan fingerprint density at radius 1 is 1.00 bits per heavy atom. The zero-order valence-corrected chi connectivity index (χ0v) is 17.5. The van der Waals surface area contributed by atoms with E-state index in [0.29, 0.717) is 12.1 Å². The minimum Gasteiger partial charge on any atom is -0.496 e. The number of carbonyl (C=O) groups is 2. The minimum absolute atomic E-state index is 0.0340. The highest BCUT2D eigenvalue weighted by Crippen LogP contribution is 2.44. The molecule has 0 atom stereocenters. The van der Waals surface area contributed by atoms with E-state index in [2.05, 4.69) is 16.7 Å². The molecule has 0 bridgehead atoms. The summed E-state index contributed by atoms with van der Waals surface area (Å²) in [6, 6.07) is 13.6. The second-order valence-electron chi connectivity index (χ2n) is 7.95. The molecule has 2 aromatic carbocycles. The zero-order chi connectivity index (χ0) is 20.9. The largest absolute Gasteiger partial charge is 0.496 e. The van der Waals surface area contributed by atoms with Crippen molar-refractivity contribution in [2.75, 3.05) is 20.2 Å². The predicted octanol–water partition coefficient (Wildman–Crippen LogP) is 3.67. The SMILES string of the molecule is COc1ccccc1C1(CNC(=O)CNC(=O)c2ccc(C)c(C)c2)CCCC1. The number of rotatable bonds is 7. The fraction of sp³-hybridized carbons (Fsp3) is 0.417. The minimum atomic E-state index is -0.233. The number of para-hydroxylation sites is 1. The Morgan fingerprint density at radius 3 is 2.41 bits per heavy atom. The van der Waals surface area contributed by atoms with E-state index in [1.807, 2.05) is 44.2 Å². The van der Waals surface area contributed by atoms with Gasteiger partial charge in [0.25, 0.3) is 5.91 Å². The van der Waals surface area contributed by atoms with Crippen LogP contribution >= 0.6 is 0 Å². The molecule has 1 fully saturated rings. The van der Waals surface area contributed by atoms with Crippen molar-refractivity contribution < 1.29 is 14.3 Å². The number of carbonyl (C=O) groups excluding carboxylic acids is 2. The molecule has 0 unspecified atom stereocenters. The molecule has 0 spiro atoms. The number of benzene rings is 2. The van der Waals surface area contributed by atoms with Gasteiger partial charge in [-0.3, -0.25) is 9.59 Å². The molecule has 0 saturated heterocycles. The van der Waals surface area contributed by atoms with Gasteiger partial charge in [0.05, 0.1) is 13.7 Å². The summed E-state index contributed by atoms with van der Waals surface area (Å²) in [4.78, 5) is 24.8. The Hall–Kier alpha value is -2.82. The summed E-state index contributed by atoms with van der Waals surface area (Å²) in [6.45, 7) is 4.49. The van der Waals surface area contributed by atoms with Crippen LogP contribution in [0, 0.1) is 13.8 Å². The highest BCUT2D eigenvalue weighted by Gasteiger charge is 2.37. The average Bonchev–Trinajstić information content (AvgIpc) is 3.22. The van der Waals surface area contributed by atoms with Gasteiger partial charge in [-0.05, 0) is 56.0 Å². The third-order valence-electron chi connectivity index (χ3n) is 6.04. The van der Waals surface area contributed by atoms with Gasteiger partial charge in [0.2, 0.25) is 5.91 Å². The molecule has 1 saturated carbocycles. The van der Waals surface area contributed by atoms with Crippen LogP contribution in [0.3, 0.4) is 0 Å². The number of amides is 2. The monoisotopic (exact) mass is 394 g/mol. The molecule has 154 valence electrons. The quantitative estimate of drug-likeness (QED) is 0.753. The van der Waals surface area contributed by atoms with Crippen molar-refractivity contribution in [1.82, 2.24) is 10.6 Å². The van der Waals surface area contributed by atoms with Gasteiger partial charge in [0.1, 0.15) is 5.75 Å². The standard InChI is InChI=1S/C24H30N2O3/c1-17-10-11-19(14-18(17)2)23(28)25-15-22(27)26-16-24(12-6-7-13-24)20-8-4-5-9-21(20)29-3/h4-5,8-11,14H,6-7,12-13,15-16H2,1-3H3,(H,25,28)(H,26,27). The Balaban J connectivity index is 1.60. The smallest absolute Gasteiger partial charge is 0.251 e. The third kappa shape index (κ3) is 4.78. The lowest BCUT2D eigenvalue weighted by Gasteiger charge is -2.31. The van der Waals surface area contributed by atoms with E-state index in [-0.39, 0.29) is 23.8 Å². The van der Waals surface area contributed by atoms with E-state index in [4.69, 9.17) is 4.74 Å². The Bertz CT molecular complexity index is 885. The normalized spacial score (nSPS) is 15.0. The first-order valence-electron chi connectivity index (χ1n) is 10.2. The van der Waals surface area contributed by atoms with Crippen LogP contribution in [0.4, 0.5) is 0 Å². The van der Waals surface area contributed by atoms with Gasteiger partial charge in [0, 0.05) is 23.1 Å². The van der Waals surface area contributed by atoms with Gasteiger partial charge < -0.3 is 15.4 Å². The third-order valence-corrected chi connectivity index (χ3v) is 6.04. The Labute approximate surface area is 172 Å². The summed E-state index contributed by atoms with van der Waals surface area (Å²) < 4.78 is 5.57. The number of aryl methyl sites for hydroxylation is 2. The Morgan fingerprint density at radius 2 is 1.72 bits per heavy atom. The van der Waals surface area contributed by atoms with Crippen molar-refractivity contribution in [3.05, 3.63) is 64.7 Å². The van der Waals surface area contributed by atoms with Gasteiger partial charge in [-0.25, -0.2) is 0 Å². The molecule has 1 aliphatic carbocycles. The second-order valence-corrected chi connectivity index (χ2v) is 7.95. The molecule has 5 nitrogen and oxygen atoms in total. The fourth-order valence-electron chi connectivity index (χ4n) is 4.15. The predicted molar refractivity (Wildman–Crippen MR) is 114 cm³/mol. The van der Waals surface area contributed by atoms with Crippen LogP contribution in [0.2, 0.25) is 0 Å². The van der Waals surface area contributed by atoms with Crippen LogP contribution in [0.1, 0.15) is 52.7 Å². The molecular weight excluding hydrogens is 364 g/mol. The van der Waals surface area contributed by atoms with Crippen molar-refractivity contribution in [1.29, 1.82) is 0 Å². The van der Waals surface area contributed by atoms with Crippen LogP contribution < -0.4 is 15.4 Å². The lowest BCUT2D eigenvalue weighted by atomic mass is 9.78. The van der Waals surface area contributed by atoms with Crippen LogP contribution in [-0.4, -0.2) is 32.0 Å². The van der Waals surface area contributed by atoms with E-state index in [1.165, 1.54) is 0 Å². The van der Waals surface area contributed by atoms with E-state index < -0.39 is 0 Å². The molecule has 0 radical (unpaired) electrons. The van der Waals surface area contributed by atoms with Crippen molar-refractivity contribution in [3.8, 4) is 5.75 Å². The maximum atomic E-state index is 12.4. The topological polar surface area (TPSA) is 67.4 Å². The molecule has 0 aliphatic heterocycles. The van der Waals surface area contributed by atoms with Gasteiger partial charge in [-0.1, -0.05) is 37.1 Å². The first kappa shape index (κ1) is 20.9. The Kier molecular flexibility index (Phi) is 6.57. The highest BCUT2D eigenvalue weighted by molar-refractivity contribution is 5.96. The number of nitrogens with one attached hydrogen (secondary N) is 2. The number of hydrogen-bond acceptors (Lipinski definition) is 3. The lowest BCUT2D eigenvalue weighted by molar-refractivity contribution is -0.120. The summed E-state index contributed by atoms with van der Waals surface area (Å²) in [7, 11) is 1.68. The maximum Gasteiger partial charge on any atom is 0.251 e. The van der Waals surface area contributed by atoms with Crippen LogP contribution in [-0.2, 0) is 10.2 Å². The first-order chi connectivity index (χ1) is 13.9. The maximum absolute atomic E-state index is 12.4. The summed E-state index contributed by atoms with van der Waals surface area (Å²) in [5.74, 6) is 0.457. The molecule has 29 heavy (non-hydrogen) atoms. The second kappa shape index (κ2) is 9.12. The van der Waals surface area contributed by atoms with E-state index >= 15 is 0 Å². The van der Waals surface area contributed by atoms with Crippen molar-refractivity contribution in [2.45, 2.75) is 44.9 Å². The molecule has 2 aromatic rings. The average molecular weight is 395 g/mol. The molecule has 0 aromatic heterocycles. The number of hydrogen-bond donors (Lipinski definition) is 2. The van der Waals surface area contributed by atoms with E-state index in [0.717, 1.165) is 48.1 Å². The molecular formula is C24H30N2O3. The fourth-order valence-corrected chi connectivity index (χ4v) is 4.15. The molecule has 3 rings (SSSR count). The summed E-state index contributed by atoms with van der Waals surface area (Å²) in [5, 5.41) is 5.75. The first-order valence-corrected chi connectivity index (χ1v) is 10.2. The van der Waals surface area contributed by atoms with Gasteiger partial charge in [-0.2, -0.15) is 0 Å².